The largest absolute Gasteiger partial charge is 0.361 e. The highest BCUT2D eigenvalue weighted by molar-refractivity contribution is 5.29. The van der Waals surface area contributed by atoms with Crippen molar-refractivity contribution >= 4 is 0 Å². The van der Waals surface area contributed by atoms with E-state index < -0.39 is 0 Å². The van der Waals surface area contributed by atoms with Crippen LogP contribution in [-0.4, -0.2) is 20.2 Å². The van der Waals surface area contributed by atoms with Gasteiger partial charge in [0.15, 0.2) is 5.69 Å². The van der Waals surface area contributed by atoms with Gasteiger partial charge in [-0.15, -0.1) is 5.10 Å². The Hall–Kier alpha value is -2.16. The minimum Gasteiger partial charge on any atom is -0.361 e. The first-order valence-corrected chi connectivity index (χ1v) is 6.87. The molecule has 0 saturated carbocycles. The van der Waals surface area contributed by atoms with Crippen molar-refractivity contribution in [1.82, 2.24) is 20.2 Å². The molecule has 0 amide bonds. The highest BCUT2D eigenvalue weighted by Crippen LogP contribution is 2.26. The Morgan fingerprint density at radius 3 is 2.50 bits per heavy atom. The summed E-state index contributed by atoms with van der Waals surface area (Å²) in [5, 5.41) is 21.3. The summed E-state index contributed by atoms with van der Waals surface area (Å²) in [6.45, 7) is 8.56. The summed E-state index contributed by atoms with van der Waals surface area (Å²) < 4.78 is 6.99. The van der Waals surface area contributed by atoms with Crippen LogP contribution in [0, 0.1) is 25.2 Å². The first-order valence-electron chi connectivity index (χ1n) is 6.87. The van der Waals surface area contributed by atoms with E-state index in [-0.39, 0.29) is 0 Å². The Morgan fingerprint density at radius 2 is 2.00 bits per heavy atom. The van der Waals surface area contributed by atoms with Crippen LogP contribution < -0.4 is 0 Å². The SMILES string of the molecule is CCC(CC)c1c(C#N)nnn1Cc1c(C)noc1C. The number of rotatable bonds is 5. The van der Waals surface area contributed by atoms with Gasteiger partial charge in [-0.05, 0) is 26.7 Å². The third-order valence-electron chi connectivity index (χ3n) is 3.74. The van der Waals surface area contributed by atoms with Gasteiger partial charge in [0.2, 0.25) is 0 Å². The zero-order valence-electron chi connectivity index (χ0n) is 12.3. The summed E-state index contributed by atoms with van der Waals surface area (Å²) in [4.78, 5) is 0. The summed E-state index contributed by atoms with van der Waals surface area (Å²) in [6.07, 6.45) is 1.92. The van der Waals surface area contributed by atoms with Crippen LogP contribution in [0.25, 0.3) is 0 Å². The van der Waals surface area contributed by atoms with Crippen molar-refractivity contribution in [3.8, 4) is 6.07 Å². The summed E-state index contributed by atoms with van der Waals surface area (Å²) in [7, 11) is 0. The molecule has 0 atom stereocenters. The molecule has 106 valence electrons. The maximum atomic E-state index is 9.21. The molecule has 2 heterocycles. The van der Waals surface area contributed by atoms with E-state index in [0.717, 1.165) is 35.6 Å². The topological polar surface area (TPSA) is 80.5 Å². The van der Waals surface area contributed by atoms with E-state index in [2.05, 4.69) is 35.4 Å². The molecule has 0 N–H and O–H groups in total. The van der Waals surface area contributed by atoms with Crippen LogP contribution in [0.5, 0.6) is 0 Å². The zero-order chi connectivity index (χ0) is 14.7. The molecule has 2 rings (SSSR count). The molecule has 20 heavy (non-hydrogen) atoms. The molecule has 6 nitrogen and oxygen atoms in total. The maximum Gasteiger partial charge on any atom is 0.186 e. The quantitative estimate of drug-likeness (QED) is 0.836. The van der Waals surface area contributed by atoms with Gasteiger partial charge in [0.05, 0.1) is 17.9 Å². The molecule has 0 aromatic carbocycles. The lowest BCUT2D eigenvalue weighted by molar-refractivity contribution is 0.391. The third kappa shape index (κ3) is 2.44. The number of nitriles is 1. The van der Waals surface area contributed by atoms with E-state index in [1.165, 1.54) is 0 Å². The van der Waals surface area contributed by atoms with Crippen molar-refractivity contribution in [1.29, 1.82) is 5.26 Å². The molecule has 0 aliphatic carbocycles. The summed E-state index contributed by atoms with van der Waals surface area (Å²) in [5.74, 6) is 1.08. The van der Waals surface area contributed by atoms with Crippen molar-refractivity contribution < 1.29 is 4.52 Å². The maximum absolute atomic E-state index is 9.21. The van der Waals surface area contributed by atoms with Crippen molar-refractivity contribution in [3.05, 3.63) is 28.4 Å². The number of hydrogen-bond acceptors (Lipinski definition) is 5. The van der Waals surface area contributed by atoms with Gasteiger partial charge in [0.25, 0.3) is 0 Å². The molecule has 6 heteroatoms. The van der Waals surface area contributed by atoms with Crippen LogP contribution in [0.4, 0.5) is 0 Å². The highest BCUT2D eigenvalue weighted by atomic mass is 16.5. The molecule has 2 aromatic heterocycles. The van der Waals surface area contributed by atoms with Crippen molar-refractivity contribution in [2.24, 2.45) is 0 Å². The lowest BCUT2D eigenvalue weighted by Crippen LogP contribution is -2.11. The second-order valence-electron chi connectivity index (χ2n) is 4.91. The molecular weight excluding hydrogens is 254 g/mol. The van der Waals surface area contributed by atoms with Gasteiger partial charge < -0.3 is 4.52 Å². The van der Waals surface area contributed by atoms with E-state index in [9.17, 15) is 5.26 Å². The normalized spacial score (nSPS) is 11.0. The minimum absolute atomic E-state index is 0.292. The van der Waals surface area contributed by atoms with E-state index in [1.807, 2.05) is 18.5 Å². The van der Waals surface area contributed by atoms with Gasteiger partial charge in [-0.1, -0.05) is 24.2 Å². The fourth-order valence-electron chi connectivity index (χ4n) is 2.47. The number of aryl methyl sites for hydroxylation is 2. The molecular formula is C14H19N5O. The first kappa shape index (κ1) is 14.3. The van der Waals surface area contributed by atoms with Crippen LogP contribution in [0.2, 0.25) is 0 Å². The highest BCUT2D eigenvalue weighted by Gasteiger charge is 2.21. The molecule has 0 bridgehead atoms. The smallest absolute Gasteiger partial charge is 0.186 e. The average molecular weight is 273 g/mol. The lowest BCUT2D eigenvalue weighted by Gasteiger charge is -2.14. The van der Waals surface area contributed by atoms with E-state index >= 15 is 0 Å². The molecule has 0 saturated heterocycles. The van der Waals surface area contributed by atoms with Crippen molar-refractivity contribution in [3.63, 3.8) is 0 Å². The molecule has 0 aliphatic heterocycles. The Kier molecular flexibility index (Phi) is 4.18. The summed E-state index contributed by atoms with van der Waals surface area (Å²) >= 11 is 0. The van der Waals surface area contributed by atoms with Gasteiger partial charge in [0.1, 0.15) is 11.8 Å². The lowest BCUT2D eigenvalue weighted by atomic mass is 9.97. The summed E-state index contributed by atoms with van der Waals surface area (Å²) in [5.41, 5.74) is 3.20. The predicted octanol–water partition coefficient (Wildman–Crippen LogP) is 2.71. The van der Waals surface area contributed by atoms with Gasteiger partial charge in [-0.3, -0.25) is 0 Å². The second kappa shape index (κ2) is 5.87. The number of hydrogen-bond donors (Lipinski definition) is 0. The van der Waals surface area contributed by atoms with Crippen LogP contribution in [0.15, 0.2) is 4.52 Å². The van der Waals surface area contributed by atoms with Crippen LogP contribution in [0.3, 0.4) is 0 Å². The van der Waals surface area contributed by atoms with E-state index in [0.29, 0.717) is 18.2 Å². The van der Waals surface area contributed by atoms with Crippen LogP contribution in [0.1, 0.15) is 61.0 Å². The van der Waals surface area contributed by atoms with Gasteiger partial charge in [0, 0.05) is 11.5 Å². The van der Waals surface area contributed by atoms with Crippen LogP contribution in [-0.2, 0) is 6.54 Å². The Balaban J connectivity index is 2.43. The standard InChI is InChI=1S/C14H19N5O/c1-5-11(6-2)14-13(7-15)16-18-19(14)8-12-9(3)17-20-10(12)4/h11H,5-6,8H2,1-4H3. The molecule has 0 aliphatic rings. The fraction of sp³-hybridized carbons (Fsp3) is 0.571. The predicted molar refractivity (Wildman–Crippen MR) is 73.1 cm³/mol. The Labute approximate surface area is 118 Å². The van der Waals surface area contributed by atoms with Crippen molar-refractivity contribution in [2.75, 3.05) is 0 Å². The second-order valence-corrected chi connectivity index (χ2v) is 4.91. The zero-order valence-corrected chi connectivity index (χ0v) is 12.3. The first-order chi connectivity index (χ1) is 9.62. The number of nitrogens with zero attached hydrogens (tertiary/aromatic N) is 5. The van der Waals surface area contributed by atoms with Gasteiger partial charge in [-0.2, -0.15) is 5.26 Å². The molecule has 0 unspecified atom stereocenters. The minimum atomic E-state index is 0.292. The Morgan fingerprint density at radius 1 is 1.30 bits per heavy atom. The molecule has 0 radical (unpaired) electrons. The van der Waals surface area contributed by atoms with Crippen molar-refractivity contribution in [2.45, 2.75) is 53.0 Å². The molecule has 0 fully saturated rings. The fourth-order valence-corrected chi connectivity index (χ4v) is 2.47. The number of aromatic nitrogens is 4. The van der Waals surface area contributed by atoms with E-state index in [1.54, 1.807) is 0 Å². The van der Waals surface area contributed by atoms with Gasteiger partial charge in [-0.25, -0.2) is 4.68 Å². The average Bonchev–Trinajstić information content (AvgIpc) is 2.99. The third-order valence-corrected chi connectivity index (χ3v) is 3.74. The van der Waals surface area contributed by atoms with E-state index in [4.69, 9.17) is 4.52 Å². The molecule has 0 spiro atoms. The molecule has 2 aromatic rings. The Bertz CT molecular complexity index is 611. The van der Waals surface area contributed by atoms with Gasteiger partial charge >= 0.3 is 0 Å². The van der Waals surface area contributed by atoms with Crippen LogP contribution >= 0.6 is 0 Å². The summed E-state index contributed by atoms with van der Waals surface area (Å²) in [6, 6.07) is 2.14. The monoisotopic (exact) mass is 273 g/mol.